The molecule has 4 heteroatoms. The van der Waals surface area contributed by atoms with E-state index in [0.717, 1.165) is 51.4 Å². The zero-order valence-corrected chi connectivity index (χ0v) is 11.7. The highest BCUT2D eigenvalue weighted by Crippen LogP contribution is 2.22. The van der Waals surface area contributed by atoms with Crippen LogP contribution < -0.4 is 10.5 Å². The van der Waals surface area contributed by atoms with Crippen molar-refractivity contribution in [3.8, 4) is 5.75 Å². The van der Waals surface area contributed by atoms with Gasteiger partial charge in [0, 0.05) is 45.0 Å². The third-order valence-electron chi connectivity index (χ3n) is 3.45. The second kappa shape index (κ2) is 7.48. The van der Waals surface area contributed by atoms with E-state index in [9.17, 15) is 0 Å². The normalized spacial score (nSPS) is 17.4. The molecule has 1 atom stereocenters. The summed E-state index contributed by atoms with van der Waals surface area (Å²) < 4.78 is 10.8. The summed E-state index contributed by atoms with van der Waals surface area (Å²) in [5, 5.41) is 0. The number of para-hydroxylation sites is 1. The van der Waals surface area contributed by atoms with Gasteiger partial charge in [0.05, 0.1) is 0 Å². The number of hydrogen-bond acceptors (Lipinski definition) is 4. The van der Waals surface area contributed by atoms with Gasteiger partial charge < -0.3 is 15.2 Å². The fourth-order valence-corrected chi connectivity index (χ4v) is 2.45. The second-order valence-electron chi connectivity index (χ2n) is 5.09. The second-order valence-corrected chi connectivity index (χ2v) is 5.09. The van der Waals surface area contributed by atoms with E-state index in [1.807, 2.05) is 12.1 Å². The third-order valence-corrected chi connectivity index (χ3v) is 3.45. The molecule has 19 heavy (non-hydrogen) atoms. The van der Waals surface area contributed by atoms with E-state index in [4.69, 9.17) is 15.2 Å². The van der Waals surface area contributed by atoms with Crippen molar-refractivity contribution in [2.24, 2.45) is 5.73 Å². The first-order chi connectivity index (χ1) is 9.29. The van der Waals surface area contributed by atoms with Gasteiger partial charge in [0.2, 0.25) is 0 Å². The molecule has 2 rings (SSSR count). The summed E-state index contributed by atoms with van der Waals surface area (Å²) in [5.41, 5.74) is 7.43. The Morgan fingerprint density at radius 1 is 1.42 bits per heavy atom. The lowest BCUT2D eigenvalue weighted by Gasteiger charge is -2.23. The molecule has 0 spiro atoms. The first-order valence-corrected chi connectivity index (χ1v) is 6.97. The molecule has 1 aliphatic heterocycles. The first kappa shape index (κ1) is 14.3. The smallest absolute Gasteiger partial charge is 0.123 e. The highest BCUT2D eigenvalue weighted by Gasteiger charge is 2.16. The quantitative estimate of drug-likeness (QED) is 0.793. The molecule has 0 bridgehead atoms. The Bertz CT molecular complexity index is 384. The molecule has 1 unspecified atom stereocenters. The van der Waals surface area contributed by atoms with Crippen molar-refractivity contribution in [3.63, 3.8) is 0 Å². The van der Waals surface area contributed by atoms with Gasteiger partial charge in [-0.25, -0.2) is 0 Å². The summed E-state index contributed by atoms with van der Waals surface area (Å²) in [6, 6.07) is 8.46. The monoisotopic (exact) mass is 264 g/mol. The average Bonchev–Trinajstić information content (AvgIpc) is 2.60. The summed E-state index contributed by atoms with van der Waals surface area (Å²) in [5.74, 6) is 1.01. The number of fused-ring (bicyclic) bond motifs is 1. The predicted molar refractivity (Wildman–Crippen MR) is 76.3 cm³/mol. The van der Waals surface area contributed by atoms with Crippen LogP contribution in [0.4, 0.5) is 0 Å². The number of nitrogens with two attached hydrogens (primary N) is 1. The molecule has 0 amide bonds. The fraction of sp³-hybridized carbons (Fsp3) is 0.600. The SMILES string of the molecule is COCCCC(N)CN1CCOc2ccccc2C1. The molecule has 1 heterocycles. The van der Waals surface area contributed by atoms with Crippen molar-refractivity contribution in [3.05, 3.63) is 29.8 Å². The predicted octanol–water partition coefficient (Wildman–Crippen LogP) is 1.63. The highest BCUT2D eigenvalue weighted by molar-refractivity contribution is 5.33. The number of ether oxygens (including phenoxy) is 2. The molecule has 4 nitrogen and oxygen atoms in total. The lowest BCUT2D eigenvalue weighted by Crippen LogP contribution is -2.38. The van der Waals surface area contributed by atoms with Gasteiger partial charge in [-0.1, -0.05) is 18.2 Å². The standard InChI is InChI=1S/C15H24N2O2/c1-18-9-4-6-14(16)12-17-8-10-19-15-7-3-2-5-13(15)11-17/h2-3,5,7,14H,4,6,8-12,16H2,1H3. The van der Waals surface area contributed by atoms with Crippen LogP contribution in [-0.2, 0) is 11.3 Å². The molecule has 0 saturated heterocycles. The summed E-state index contributed by atoms with van der Waals surface area (Å²) in [6.07, 6.45) is 2.03. The molecular formula is C15H24N2O2. The Morgan fingerprint density at radius 3 is 3.11 bits per heavy atom. The molecule has 1 aromatic rings. The van der Waals surface area contributed by atoms with Crippen LogP contribution in [-0.4, -0.2) is 44.4 Å². The minimum Gasteiger partial charge on any atom is -0.492 e. The Morgan fingerprint density at radius 2 is 2.26 bits per heavy atom. The molecule has 2 N–H and O–H groups in total. The van der Waals surface area contributed by atoms with Crippen molar-refractivity contribution in [1.29, 1.82) is 0 Å². The topological polar surface area (TPSA) is 47.7 Å². The molecule has 0 fully saturated rings. The number of nitrogens with zero attached hydrogens (tertiary/aromatic N) is 1. The molecule has 0 aromatic heterocycles. The van der Waals surface area contributed by atoms with Crippen LogP contribution in [0.3, 0.4) is 0 Å². The molecule has 1 aliphatic rings. The van der Waals surface area contributed by atoms with Crippen LogP contribution in [0, 0.1) is 0 Å². The summed E-state index contributed by atoms with van der Waals surface area (Å²) in [4.78, 5) is 2.38. The Balaban J connectivity index is 1.84. The summed E-state index contributed by atoms with van der Waals surface area (Å²) >= 11 is 0. The fourth-order valence-electron chi connectivity index (χ4n) is 2.45. The van der Waals surface area contributed by atoms with Gasteiger partial charge in [-0.2, -0.15) is 0 Å². The first-order valence-electron chi connectivity index (χ1n) is 6.97. The van der Waals surface area contributed by atoms with E-state index in [2.05, 4.69) is 17.0 Å². The van der Waals surface area contributed by atoms with E-state index in [1.165, 1.54) is 5.56 Å². The van der Waals surface area contributed by atoms with E-state index in [0.29, 0.717) is 0 Å². The lowest BCUT2D eigenvalue weighted by molar-refractivity contribution is 0.181. The van der Waals surface area contributed by atoms with E-state index in [1.54, 1.807) is 7.11 Å². The van der Waals surface area contributed by atoms with Gasteiger partial charge >= 0.3 is 0 Å². The molecule has 106 valence electrons. The maximum Gasteiger partial charge on any atom is 0.123 e. The molecule has 0 saturated carbocycles. The van der Waals surface area contributed by atoms with Crippen molar-refractivity contribution < 1.29 is 9.47 Å². The van der Waals surface area contributed by atoms with Gasteiger partial charge in [0.1, 0.15) is 12.4 Å². The zero-order valence-electron chi connectivity index (χ0n) is 11.7. The maximum atomic E-state index is 6.18. The van der Waals surface area contributed by atoms with Gasteiger partial charge in [-0.05, 0) is 18.9 Å². The summed E-state index contributed by atoms with van der Waals surface area (Å²) in [6.45, 7) is 4.31. The zero-order chi connectivity index (χ0) is 13.5. The molecule has 1 aromatic carbocycles. The van der Waals surface area contributed by atoms with Crippen LogP contribution in [0.1, 0.15) is 18.4 Å². The van der Waals surface area contributed by atoms with Gasteiger partial charge in [-0.15, -0.1) is 0 Å². The number of benzene rings is 1. The van der Waals surface area contributed by atoms with Crippen molar-refractivity contribution in [2.75, 3.05) is 33.4 Å². The van der Waals surface area contributed by atoms with Gasteiger partial charge in [0.15, 0.2) is 0 Å². The van der Waals surface area contributed by atoms with Gasteiger partial charge in [0.25, 0.3) is 0 Å². The van der Waals surface area contributed by atoms with E-state index < -0.39 is 0 Å². The number of rotatable bonds is 6. The van der Waals surface area contributed by atoms with Crippen LogP contribution in [0.2, 0.25) is 0 Å². The highest BCUT2D eigenvalue weighted by atomic mass is 16.5. The van der Waals surface area contributed by atoms with E-state index in [-0.39, 0.29) is 6.04 Å². The van der Waals surface area contributed by atoms with Gasteiger partial charge in [-0.3, -0.25) is 4.90 Å². The summed E-state index contributed by atoms with van der Waals surface area (Å²) in [7, 11) is 1.73. The van der Waals surface area contributed by atoms with Crippen molar-refractivity contribution in [2.45, 2.75) is 25.4 Å². The molecule has 0 aliphatic carbocycles. The minimum absolute atomic E-state index is 0.209. The number of methoxy groups -OCH3 is 1. The van der Waals surface area contributed by atoms with Crippen LogP contribution in [0.25, 0.3) is 0 Å². The Labute approximate surface area is 115 Å². The Hall–Kier alpha value is -1.10. The molecular weight excluding hydrogens is 240 g/mol. The third kappa shape index (κ3) is 4.49. The number of hydrogen-bond donors (Lipinski definition) is 1. The average molecular weight is 264 g/mol. The van der Waals surface area contributed by atoms with E-state index >= 15 is 0 Å². The van der Waals surface area contributed by atoms with Crippen LogP contribution in [0.5, 0.6) is 5.75 Å². The van der Waals surface area contributed by atoms with Crippen molar-refractivity contribution >= 4 is 0 Å². The van der Waals surface area contributed by atoms with Crippen molar-refractivity contribution in [1.82, 2.24) is 4.90 Å². The van der Waals surface area contributed by atoms with Crippen LogP contribution >= 0.6 is 0 Å². The maximum absolute atomic E-state index is 6.18. The molecule has 0 radical (unpaired) electrons. The lowest BCUT2D eigenvalue weighted by atomic mass is 10.1. The Kier molecular flexibility index (Phi) is 5.63. The minimum atomic E-state index is 0.209. The largest absolute Gasteiger partial charge is 0.492 e. The van der Waals surface area contributed by atoms with Crippen LogP contribution in [0.15, 0.2) is 24.3 Å².